The molecule has 0 spiro atoms. The van der Waals surface area contributed by atoms with Crippen LogP contribution in [0.5, 0.6) is 0 Å². The van der Waals surface area contributed by atoms with Crippen molar-refractivity contribution in [1.29, 1.82) is 0 Å². The van der Waals surface area contributed by atoms with Gasteiger partial charge in [0.05, 0.1) is 6.54 Å². The molecule has 118 valence electrons. The summed E-state index contributed by atoms with van der Waals surface area (Å²) in [5.41, 5.74) is 2.26. The molecule has 5 nitrogen and oxygen atoms in total. The number of hydrogen-bond donors (Lipinski definition) is 1. The van der Waals surface area contributed by atoms with Gasteiger partial charge in [-0.1, -0.05) is 13.8 Å². The Morgan fingerprint density at radius 3 is 2.52 bits per heavy atom. The Labute approximate surface area is 128 Å². The number of anilines is 1. The number of nitrogens with one attached hydrogen (secondary N) is 1. The molecule has 0 aliphatic heterocycles. The Hall–Kier alpha value is -1.62. The van der Waals surface area contributed by atoms with Gasteiger partial charge in [-0.3, -0.25) is 4.79 Å². The smallest absolute Gasteiger partial charge is 0.241 e. The molecular weight excluding hydrogens is 264 g/mol. The van der Waals surface area contributed by atoms with E-state index in [2.05, 4.69) is 30.2 Å². The lowest BCUT2D eigenvalue weighted by Gasteiger charge is -2.22. The minimum Gasteiger partial charge on any atom is -0.350 e. The molecule has 0 aromatic carbocycles. The fourth-order valence-electron chi connectivity index (χ4n) is 2.05. The number of carbonyl (C=O) groups excluding carboxylic acids is 1. The number of aryl methyl sites for hydroxylation is 1. The van der Waals surface area contributed by atoms with Gasteiger partial charge in [0.2, 0.25) is 5.91 Å². The Morgan fingerprint density at radius 1 is 1.33 bits per heavy atom. The lowest BCUT2D eigenvalue weighted by Crippen LogP contribution is -2.35. The van der Waals surface area contributed by atoms with Crippen molar-refractivity contribution < 1.29 is 4.79 Å². The van der Waals surface area contributed by atoms with E-state index in [1.165, 1.54) is 5.56 Å². The zero-order chi connectivity index (χ0) is 16.0. The molecule has 0 aliphatic carbocycles. The lowest BCUT2D eigenvalue weighted by atomic mass is 10.2. The van der Waals surface area contributed by atoms with Crippen molar-refractivity contribution in [1.82, 2.24) is 15.2 Å². The van der Waals surface area contributed by atoms with E-state index in [0.29, 0.717) is 12.5 Å². The minimum absolute atomic E-state index is 0.0707. The normalized spacial score (nSPS) is 10.8. The molecule has 0 radical (unpaired) electrons. The highest BCUT2D eigenvalue weighted by atomic mass is 16.2. The van der Waals surface area contributed by atoms with Crippen LogP contribution < -0.4 is 10.2 Å². The third-order valence-corrected chi connectivity index (χ3v) is 3.22. The number of amides is 1. The second kappa shape index (κ2) is 7.98. The van der Waals surface area contributed by atoms with E-state index in [1.807, 2.05) is 25.1 Å². The zero-order valence-electron chi connectivity index (χ0n) is 14.1. The van der Waals surface area contributed by atoms with Crippen LogP contribution in [0.1, 0.15) is 25.0 Å². The molecule has 0 saturated carbocycles. The standard InChI is InChI=1S/C16H28N4O/c1-12(2)8-17-9-14-7-13(3)16(18-10-14)20(6)11-15(21)19(4)5/h7,10,12,17H,8-9,11H2,1-6H3. The summed E-state index contributed by atoms with van der Waals surface area (Å²) in [7, 11) is 5.42. The zero-order valence-corrected chi connectivity index (χ0v) is 14.1. The van der Waals surface area contributed by atoms with E-state index < -0.39 is 0 Å². The van der Waals surface area contributed by atoms with Gasteiger partial charge >= 0.3 is 0 Å². The lowest BCUT2D eigenvalue weighted by molar-refractivity contribution is -0.127. The monoisotopic (exact) mass is 292 g/mol. The summed E-state index contributed by atoms with van der Waals surface area (Å²) in [4.78, 5) is 19.7. The third-order valence-electron chi connectivity index (χ3n) is 3.22. The Morgan fingerprint density at radius 2 is 2.00 bits per heavy atom. The quantitative estimate of drug-likeness (QED) is 0.830. The molecule has 1 amide bonds. The highest BCUT2D eigenvalue weighted by Gasteiger charge is 2.12. The predicted octanol–water partition coefficient (Wildman–Crippen LogP) is 1.66. The number of carbonyl (C=O) groups is 1. The van der Waals surface area contributed by atoms with Crippen molar-refractivity contribution >= 4 is 11.7 Å². The molecule has 1 N–H and O–H groups in total. The summed E-state index contributed by atoms with van der Waals surface area (Å²) in [6.45, 7) is 8.58. The number of pyridine rings is 1. The van der Waals surface area contributed by atoms with Crippen molar-refractivity contribution in [2.24, 2.45) is 5.92 Å². The number of nitrogens with zero attached hydrogens (tertiary/aromatic N) is 3. The van der Waals surface area contributed by atoms with E-state index in [0.717, 1.165) is 24.5 Å². The predicted molar refractivity (Wildman–Crippen MR) is 87.5 cm³/mol. The third kappa shape index (κ3) is 5.71. The van der Waals surface area contributed by atoms with Crippen molar-refractivity contribution in [2.75, 3.05) is 39.1 Å². The Bertz CT molecular complexity index is 471. The van der Waals surface area contributed by atoms with E-state index in [4.69, 9.17) is 0 Å². The molecule has 1 aromatic rings. The summed E-state index contributed by atoms with van der Waals surface area (Å²) in [6, 6.07) is 2.13. The molecule has 0 aliphatic rings. The van der Waals surface area contributed by atoms with Gasteiger partial charge in [-0.15, -0.1) is 0 Å². The largest absolute Gasteiger partial charge is 0.350 e. The first-order valence-corrected chi connectivity index (χ1v) is 7.38. The summed E-state index contributed by atoms with van der Waals surface area (Å²) in [5.74, 6) is 1.57. The molecule has 0 unspecified atom stereocenters. The van der Waals surface area contributed by atoms with Gasteiger partial charge in [-0.2, -0.15) is 0 Å². The number of aromatic nitrogens is 1. The molecule has 5 heteroatoms. The van der Waals surface area contributed by atoms with E-state index in [9.17, 15) is 4.79 Å². The highest BCUT2D eigenvalue weighted by molar-refractivity contribution is 5.80. The molecule has 0 fully saturated rings. The molecule has 0 bridgehead atoms. The van der Waals surface area contributed by atoms with Gasteiger partial charge in [0.1, 0.15) is 5.82 Å². The van der Waals surface area contributed by atoms with Crippen molar-refractivity contribution in [2.45, 2.75) is 27.3 Å². The Kier molecular flexibility index (Phi) is 6.62. The minimum atomic E-state index is 0.0707. The van der Waals surface area contributed by atoms with Crippen LogP contribution in [-0.4, -0.2) is 50.0 Å². The highest BCUT2D eigenvalue weighted by Crippen LogP contribution is 2.16. The molecule has 1 rings (SSSR count). The van der Waals surface area contributed by atoms with Gasteiger partial charge < -0.3 is 15.1 Å². The number of rotatable bonds is 7. The summed E-state index contributed by atoms with van der Waals surface area (Å²) in [6.07, 6.45) is 1.88. The molecule has 1 heterocycles. The van der Waals surface area contributed by atoms with E-state index >= 15 is 0 Å². The van der Waals surface area contributed by atoms with Gasteiger partial charge in [0.25, 0.3) is 0 Å². The van der Waals surface area contributed by atoms with Crippen LogP contribution >= 0.6 is 0 Å². The van der Waals surface area contributed by atoms with Crippen LogP contribution in [0.25, 0.3) is 0 Å². The van der Waals surface area contributed by atoms with Crippen LogP contribution in [0.15, 0.2) is 12.3 Å². The average Bonchev–Trinajstić information content (AvgIpc) is 2.37. The van der Waals surface area contributed by atoms with Crippen LogP contribution in [0, 0.1) is 12.8 Å². The van der Waals surface area contributed by atoms with Gasteiger partial charge in [-0.05, 0) is 36.6 Å². The van der Waals surface area contributed by atoms with E-state index in [-0.39, 0.29) is 5.91 Å². The first-order valence-electron chi connectivity index (χ1n) is 7.38. The van der Waals surface area contributed by atoms with Crippen LogP contribution in [-0.2, 0) is 11.3 Å². The van der Waals surface area contributed by atoms with E-state index in [1.54, 1.807) is 19.0 Å². The topological polar surface area (TPSA) is 48.5 Å². The molecular formula is C16H28N4O. The van der Waals surface area contributed by atoms with Crippen LogP contribution in [0.3, 0.4) is 0 Å². The van der Waals surface area contributed by atoms with Gasteiger partial charge in [0.15, 0.2) is 0 Å². The molecule has 1 aromatic heterocycles. The maximum Gasteiger partial charge on any atom is 0.241 e. The first kappa shape index (κ1) is 17.4. The van der Waals surface area contributed by atoms with Crippen LogP contribution in [0.2, 0.25) is 0 Å². The molecule has 0 saturated heterocycles. The van der Waals surface area contributed by atoms with Gasteiger partial charge in [-0.25, -0.2) is 4.98 Å². The van der Waals surface area contributed by atoms with Crippen molar-refractivity contribution in [3.8, 4) is 0 Å². The molecule has 0 atom stereocenters. The number of hydrogen-bond acceptors (Lipinski definition) is 4. The van der Waals surface area contributed by atoms with Gasteiger partial charge in [0, 0.05) is 33.9 Å². The van der Waals surface area contributed by atoms with Crippen molar-refractivity contribution in [3.05, 3.63) is 23.4 Å². The first-order chi connectivity index (χ1) is 9.81. The summed E-state index contributed by atoms with van der Waals surface area (Å²) in [5, 5.41) is 3.41. The average molecular weight is 292 g/mol. The fourth-order valence-corrected chi connectivity index (χ4v) is 2.05. The second-order valence-corrected chi connectivity index (χ2v) is 6.15. The van der Waals surface area contributed by atoms with Crippen LogP contribution in [0.4, 0.5) is 5.82 Å². The van der Waals surface area contributed by atoms with Crippen molar-refractivity contribution in [3.63, 3.8) is 0 Å². The second-order valence-electron chi connectivity index (χ2n) is 6.15. The Balaban J connectivity index is 2.67. The SMILES string of the molecule is Cc1cc(CNCC(C)C)cnc1N(C)CC(=O)N(C)C. The summed E-state index contributed by atoms with van der Waals surface area (Å²) < 4.78 is 0. The molecule has 21 heavy (non-hydrogen) atoms. The maximum atomic E-state index is 11.8. The fraction of sp³-hybridized carbons (Fsp3) is 0.625. The maximum absolute atomic E-state index is 11.8. The number of likely N-dealkylation sites (N-methyl/N-ethyl adjacent to an activating group) is 2. The summed E-state index contributed by atoms with van der Waals surface area (Å²) >= 11 is 0.